The molecule has 1 N–H and O–H groups in total. The molecule has 1 saturated heterocycles. The molecule has 3 heterocycles. The molecule has 5 nitrogen and oxygen atoms in total. The fourth-order valence-electron chi connectivity index (χ4n) is 4.53. The molecule has 0 bridgehead atoms. The fraction of sp³-hybridized carbons (Fsp3) is 0.154. The number of carbonyl (C=O) groups excluding carboxylic acids is 1. The average Bonchev–Trinajstić information content (AvgIpc) is 3.49. The molecule has 6 heteroatoms. The number of ether oxygens (including phenoxy) is 1. The highest BCUT2D eigenvalue weighted by Crippen LogP contribution is 2.50. The van der Waals surface area contributed by atoms with Gasteiger partial charge in [-0.25, -0.2) is 4.98 Å². The molecule has 3 aromatic carbocycles. The van der Waals surface area contributed by atoms with Crippen molar-refractivity contribution in [3.8, 4) is 11.1 Å². The maximum absolute atomic E-state index is 13.4. The Morgan fingerprint density at radius 1 is 1.06 bits per heavy atom. The number of amides is 1. The minimum absolute atomic E-state index is 0. The first kappa shape index (κ1) is 19.4. The largest absolute Gasteiger partial charge is 0.348 e. The van der Waals surface area contributed by atoms with Gasteiger partial charge < -0.3 is 10.1 Å². The summed E-state index contributed by atoms with van der Waals surface area (Å²) in [7, 11) is 0. The molecule has 0 aliphatic carbocycles. The van der Waals surface area contributed by atoms with Crippen molar-refractivity contribution in [3.05, 3.63) is 107 Å². The fourth-order valence-corrected chi connectivity index (χ4v) is 5.06. The van der Waals surface area contributed by atoms with Gasteiger partial charge in [0.05, 0.1) is 0 Å². The molecule has 6 rings (SSSR count). The Morgan fingerprint density at radius 2 is 1.84 bits per heavy atom. The highest BCUT2D eigenvalue weighted by atomic mass is 32.1. The number of hydrogen-bond acceptors (Lipinski definition) is 5. The van der Waals surface area contributed by atoms with E-state index in [2.05, 4.69) is 57.7 Å². The average molecular weight is 442 g/mol. The zero-order chi connectivity index (χ0) is 21.5. The Hall–Kier alpha value is -3.32. The molecule has 160 valence electrons. The van der Waals surface area contributed by atoms with Crippen molar-refractivity contribution in [2.24, 2.45) is 0 Å². The van der Waals surface area contributed by atoms with Gasteiger partial charge in [-0.3, -0.25) is 9.69 Å². The summed E-state index contributed by atoms with van der Waals surface area (Å²) in [6, 6.07) is 26.4. The van der Waals surface area contributed by atoms with E-state index >= 15 is 0 Å². The predicted octanol–water partition coefficient (Wildman–Crippen LogP) is 5.65. The third kappa shape index (κ3) is 3.52. The Kier molecular flexibility index (Phi) is 4.83. The molecule has 3 atom stereocenters. The van der Waals surface area contributed by atoms with Gasteiger partial charge in [0.2, 0.25) is 5.91 Å². The van der Waals surface area contributed by atoms with E-state index in [-0.39, 0.29) is 19.7 Å². The Morgan fingerprint density at radius 3 is 2.59 bits per heavy atom. The first-order valence-electron chi connectivity index (χ1n) is 10.6. The Labute approximate surface area is 191 Å². The number of hydrogen-bond donors (Lipinski definition) is 1. The van der Waals surface area contributed by atoms with Gasteiger partial charge >= 0.3 is 0 Å². The lowest BCUT2D eigenvalue weighted by molar-refractivity contribution is -0.122. The monoisotopic (exact) mass is 441 g/mol. The zero-order valence-electron chi connectivity index (χ0n) is 17.2. The second-order valence-corrected chi connectivity index (χ2v) is 8.93. The van der Waals surface area contributed by atoms with Crippen LogP contribution in [0.4, 0.5) is 5.13 Å². The molecular weight excluding hydrogens is 418 g/mol. The van der Waals surface area contributed by atoms with Crippen LogP contribution in [0.3, 0.4) is 0 Å². The van der Waals surface area contributed by atoms with E-state index in [0.717, 1.165) is 5.56 Å². The molecule has 4 aromatic rings. The smallest absolute Gasteiger partial charge is 0.248 e. The van der Waals surface area contributed by atoms with Crippen molar-refractivity contribution in [2.75, 3.05) is 5.32 Å². The molecule has 0 spiro atoms. The maximum Gasteiger partial charge on any atom is 0.248 e. The quantitative estimate of drug-likeness (QED) is 0.407. The Bertz CT molecular complexity index is 1250. The van der Waals surface area contributed by atoms with Crippen LogP contribution >= 0.6 is 11.3 Å². The molecule has 1 fully saturated rings. The highest BCUT2D eigenvalue weighted by molar-refractivity contribution is 7.13. The number of thiazole rings is 1. The van der Waals surface area contributed by atoms with Crippen LogP contribution in [0.5, 0.6) is 0 Å². The molecule has 2 aliphatic rings. The number of benzene rings is 3. The van der Waals surface area contributed by atoms with Gasteiger partial charge in [0.25, 0.3) is 0 Å². The molecule has 0 radical (unpaired) electrons. The minimum atomic E-state index is -0.469. The minimum Gasteiger partial charge on any atom is -0.348 e. The normalized spacial score (nSPS) is 20.1. The number of carbonyl (C=O) groups is 1. The molecule has 32 heavy (non-hydrogen) atoms. The number of epoxide rings is 1. The topological polar surface area (TPSA) is 57.8 Å². The number of anilines is 1. The number of rotatable bonds is 5. The van der Waals surface area contributed by atoms with E-state index in [9.17, 15) is 4.79 Å². The molecule has 2 unspecified atom stereocenters. The second-order valence-electron chi connectivity index (χ2n) is 8.04. The van der Waals surface area contributed by atoms with Crippen LogP contribution in [-0.2, 0) is 16.1 Å². The van der Waals surface area contributed by atoms with Crippen molar-refractivity contribution in [1.82, 2.24) is 9.88 Å². The van der Waals surface area contributed by atoms with Crippen molar-refractivity contribution in [2.45, 2.75) is 24.9 Å². The van der Waals surface area contributed by atoms with E-state index in [1.54, 1.807) is 6.20 Å². The van der Waals surface area contributed by atoms with Gasteiger partial charge in [-0.15, -0.1) is 11.3 Å². The van der Waals surface area contributed by atoms with Gasteiger partial charge in [0.15, 0.2) is 5.13 Å². The maximum atomic E-state index is 13.4. The number of nitrogens with one attached hydrogen (secondary N) is 1. The van der Waals surface area contributed by atoms with Crippen LogP contribution in [0.15, 0.2) is 90.4 Å². The van der Waals surface area contributed by atoms with Crippen molar-refractivity contribution in [1.29, 1.82) is 0 Å². The molecule has 1 amide bonds. The highest BCUT2D eigenvalue weighted by Gasteiger charge is 2.52. The summed E-state index contributed by atoms with van der Waals surface area (Å²) in [4.78, 5) is 19.8. The first-order valence-corrected chi connectivity index (χ1v) is 11.5. The third-order valence-corrected chi connectivity index (χ3v) is 6.75. The molecular formula is C26H23N3O2S. The van der Waals surface area contributed by atoms with Crippen LogP contribution < -0.4 is 5.32 Å². The van der Waals surface area contributed by atoms with Gasteiger partial charge in [0.1, 0.15) is 18.4 Å². The molecule has 2 aliphatic heterocycles. The summed E-state index contributed by atoms with van der Waals surface area (Å²) < 4.78 is 6.08. The number of nitrogens with zero attached hydrogens (tertiary/aromatic N) is 2. The summed E-state index contributed by atoms with van der Waals surface area (Å²) >= 11 is 1.42. The molecule has 1 aromatic heterocycles. The second kappa shape index (κ2) is 7.98. The lowest BCUT2D eigenvalue weighted by Crippen LogP contribution is -2.40. The SMILES string of the molecule is O=C(Nc1nccs1)[C@@H](c1ccccc1)N1Cc2cc(-c3ccccc3)ccc2C2OC21.[HH]. The van der Waals surface area contributed by atoms with Gasteiger partial charge in [-0.1, -0.05) is 72.8 Å². The van der Waals surface area contributed by atoms with Crippen LogP contribution in [0.25, 0.3) is 11.1 Å². The summed E-state index contributed by atoms with van der Waals surface area (Å²) in [6.07, 6.45) is 1.60. The Balaban J connectivity index is 0.00000228. The van der Waals surface area contributed by atoms with Crippen molar-refractivity contribution in [3.63, 3.8) is 0 Å². The zero-order valence-corrected chi connectivity index (χ0v) is 18.0. The summed E-state index contributed by atoms with van der Waals surface area (Å²) in [5.74, 6) is -0.0944. The van der Waals surface area contributed by atoms with Crippen LogP contribution in [0.1, 0.15) is 30.3 Å². The third-order valence-electron chi connectivity index (χ3n) is 6.06. The van der Waals surface area contributed by atoms with E-state index in [1.807, 2.05) is 41.8 Å². The van der Waals surface area contributed by atoms with E-state index in [4.69, 9.17) is 4.74 Å². The predicted molar refractivity (Wildman–Crippen MR) is 127 cm³/mol. The number of fused-ring (bicyclic) bond motifs is 3. The molecule has 0 saturated carbocycles. The van der Waals surface area contributed by atoms with Gasteiger partial charge in [-0.2, -0.15) is 0 Å². The van der Waals surface area contributed by atoms with Crippen LogP contribution in [0.2, 0.25) is 0 Å². The summed E-state index contributed by atoms with van der Waals surface area (Å²) in [6.45, 7) is 0.641. The lowest BCUT2D eigenvalue weighted by Gasteiger charge is -2.32. The van der Waals surface area contributed by atoms with Gasteiger partial charge in [0, 0.05) is 19.5 Å². The van der Waals surface area contributed by atoms with Gasteiger partial charge in [-0.05, 0) is 33.9 Å². The van der Waals surface area contributed by atoms with E-state index < -0.39 is 6.04 Å². The van der Waals surface area contributed by atoms with E-state index in [1.165, 1.54) is 33.6 Å². The summed E-state index contributed by atoms with van der Waals surface area (Å²) in [5.41, 5.74) is 5.72. The summed E-state index contributed by atoms with van der Waals surface area (Å²) in [5, 5.41) is 5.45. The van der Waals surface area contributed by atoms with Crippen molar-refractivity contribution >= 4 is 22.4 Å². The standard InChI is InChI=1S/C26H21N3O2S.H2/c30-24(28-26-27-13-14-32-26)22(18-9-5-2-6-10-18)29-16-20-15-19(17-7-3-1-4-8-17)11-12-21(20)23-25(29)31-23;/h1-15,22-23,25H,16H2,(H,27,28,30);1H/t22-,23?,25?;/m1./s1. The van der Waals surface area contributed by atoms with Crippen molar-refractivity contribution < 1.29 is 11.0 Å². The van der Waals surface area contributed by atoms with E-state index in [0.29, 0.717) is 11.7 Å². The lowest BCUT2D eigenvalue weighted by atomic mass is 9.92. The van der Waals surface area contributed by atoms with Crippen LogP contribution in [0, 0.1) is 0 Å². The van der Waals surface area contributed by atoms with Crippen LogP contribution in [-0.4, -0.2) is 22.0 Å². The number of aromatic nitrogens is 1. The first-order chi connectivity index (χ1) is 15.8.